The lowest BCUT2D eigenvalue weighted by molar-refractivity contribution is -0.138. The molecule has 0 saturated carbocycles. The lowest BCUT2D eigenvalue weighted by Gasteiger charge is -2.33. The minimum absolute atomic E-state index is 0.1000. The van der Waals surface area contributed by atoms with Crippen LogP contribution in [0, 0.1) is 0 Å². The largest absolute Gasteiger partial charge is 0.481 e. The molecule has 0 aliphatic carbocycles. The molecule has 1 aliphatic heterocycles. The zero-order valence-corrected chi connectivity index (χ0v) is 9.33. The molecule has 1 aromatic heterocycles. The van der Waals surface area contributed by atoms with Gasteiger partial charge in [0.25, 0.3) is 0 Å². The first-order valence-corrected chi connectivity index (χ1v) is 5.53. The molecule has 0 spiro atoms. The van der Waals surface area contributed by atoms with Crippen LogP contribution in [0.4, 0.5) is 0 Å². The molecule has 2 rings (SSSR count). The van der Waals surface area contributed by atoms with Gasteiger partial charge < -0.3 is 9.67 Å². The van der Waals surface area contributed by atoms with Gasteiger partial charge in [0.15, 0.2) is 0 Å². The molecule has 0 amide bonds. The standard InChI is InChI=1S/C10H16N4O2/c1-2-8(5-10(15)16)13-3-4-14-7-11-12-9(14)6-13/h7-8H,2-6H2,1H3,(H,15,16). The molecule has 88 valence electrons. The molecule has 0 bridgehead atoms. The van der Waals surface area contributed by atoms with E-state index in [1.165, 1.54) is 0 Å². The maximum atomic E-state index is 10.7. The molecule has 0 radical (unpaired) electrons. The number of carboxylic acids is 1. The van der Waals surface area contributed by atoms with Crippen LogP contribution < -0.4 is 0 Å². The number of carbonyl (C=O) groups is 1. The molecule has 0 fully saturated rings. The number of aliphatic carboxylic acids is 1. The average molecular weight is 224 g/mol. The lowest BCUT2D eigenvalue weighted by atomic mass is 10.1. The number of hydrogen-bond donors (Lipinski definition) is 1. The summed E-state index contributed by atoms with van der Waals surface area (Å²) in [6.45, 7) is 4.44. The van der Waals surface area contributed by atoms with Gasteiger partial charge >= 0.3 is 5.97 Å². The quantitative estimate of drug-likeness (QED) is 0.799. The van der Waals surface area contributed by atoms with Crippen LogP contribution in [0.5, 0.6) is 0 Å². The van der Waals surface area contributed by atoms with E-state index in [2.05, 4.69) is 15.1 Å². The van der Waals surface area contributed by atoms with Gasteiger partial charge in [-0.3, -0.25) is 9.69 Å². The van der Waals surface area contributed by atoms with Gasteiger partial charge in [0.1, 0.15) is 12.2 Å². The molecule has 0 saturated heterocycles. The monoisotopic (exact) mass is 224 g/mol. The molecule has 2 heterocycles. The van der Waals surface area contributed by atoms with Crippen molar-refractivity contribution in [3.05, 3.63) is 12.2 Å². The Morgan fingerprint density at radius 1 is 1.62 bits per heavy atom. The van der Waals surface area contributed by atoms with Crippen molar-refractivity contribution in [1.82, 2.24) is 19.7 Å². The van der Waals surface area contributed by atoms with E-state index in [1.54, 1.807) is 6.33 Å². The first-order chi connectivity index (χ1) is 7.70. The molecule has 1 unspecified atom stereocenters. The summed E-state index contributed by atoms with van der Waals surface area (Å²) >= 11 is 0. The summed E-state index contributed by atoms with van der Waals surface area (Å²) in [4.78, 5) is 12.9. The minimum Gasteiger partial charge on any atom is -0.481 e. The summed E-state index contributed by atoms with van der Waals surface area (Å²) in [5.74, 6) is 0.189. The average Bonchev–Trinajstić information content (AvgIpc) is 2.72. The topological polar surface area (TPSA) is 71.2 Å². The highest BCUT2D eigenvalue weighted by atomic mass is 16.4. The van der Waals surface area contributed by atoms with Crippen molar-refractivity contribution >= 4 is 5.97 Å². The van der Waals surface area contributed by atoms with Gasteiger partial charge in [-0.05, 0) is 6.42 Å². The van der Waals surface area contributed by atoms with Crippen LogP contribution in [-0.4, -0.2) is 43.3 Å². The number of fused-ring (bicyclic) bond motifs is 1. The Morgan fingerprint density at radius 2 is 2.44 bits per heavy atom. The van der Waals surface area contributed by atoms with Crippen molar-refractivity contribution in [3.63, 3.8) is 0 Å². The highest BCUT2D eigenvalue weighted by molar-refractivity contribution is 5.67. The van der Waals surface area contributed by atoms with Gasteiger partial charge in [-0.2, -0.15) is 0 Å². The Morgan fingerprint density at radius 3 is 3.12 bits per heavy atom. The van der Waals surface area contributed by atoms with Crippen LogP contribution in [-0.2, 0) is 17.9 Å². The van der Waals surface area contributed by atoms with Crippen molar-refractivity contribution in [3.8, 4) is 0 Å². The van der Waals surface area contributed by atoms with Gasteiger partial charge in [-0.15, -0.1) is 10.2 Å². The second-order valence-corrected chi connectivity index (χ2v) is 4.07. The summed E-state index contributed by atoms with van der Waals surface area (Å²) in [7, 11) is 0. The molecule has 1 aromatic rings. The zero-order chi connectivity index (χ0) is 11.5. The van der Waals surface area contributed by atoms with E-state index in [9.17, 15) is 4.79 Å². The molecule has 6 nitrogen and oxygen atoms in total. The molecule has 0 aromatic carbocycles. The summed E-state index contributed by atoms with van der Waals surface area (Å²) in [5, 5.41) is 16.7. The summed E-state index contributed by atoms with van der Waals surface area (Å²) in [6.07, 6.45) is 2.77. The third-order valence-electron chi connectivity index (χ3n) is 3.07. The van der Waals surface area contributed by atoms with Gasteiger partial charge in [-0.1, -0.05) is 6.92 Å². The predicted octanol–water partition coefficient (Wildman–Crippen LogP) is 0.347. The molecule has 16 heavy (non-hydrogen) atoms. The van der Waals surface area contributed by atoms with Crippen LogP contribution in [0.25, 0.3) is 0 Å². The third-order valence-corrected chi connectivity index (χ3v) is 3.07. The van der Waals surface area contributed by atoms with E-state index >= 15 is 0 Å². The van der Waals surface area contributed by atoms with E-state index in [1.807, 2.05) is 11.5 Å². The number of rotatable bonds is 4. The van der Waals surface area contributed by atoms with Crippen LogP contribution >= 0.6 is 0 Å². The predicted molar refractivity (Wildman–Crippen MR) is 56.8 cm³/mol. The Hall–Kier alpha value is -1.43. The van der Waals surface area contributed by atoms with E-state index in [0.717, 1.165) is 25.3 Å². The van der Waals surface area contributed by atoms with Crippen molar-refractivity contribution in [2.45, 2.75) is 38.9 Å². The first-order valence-electron chi connectivity index (χ1n) is 5.53. The van der Waals surface area contributed by atoms with Crippen molar-refractivity contribution in [2.24, 2.45) is 0 Å². The fourth-order valence-corrected chi connectivity index (χ4v) is 2.13. The van der Waals surface area contributed by atoms with Crippen LogP contribution in [0.1, 0.15) is 25.6 Å². The second-order valence-electron chi connectivity index (χ2n) is 4.07. The number of aromatic nitrogens is 3. The van der Waals surface area contributed by atoms with Crippen molar-refractivity contribution in [1.29, 1.82) is 0 Å². The van der Waals surface area contributed by atoms with Gasteiger partial charge in [0, 0.05) is 19.1 Å². The van der Waals surface area contributed by atoms with Crippen LogP contribution in [0.15, 0.2) is 6.33 Å². The van der Waals surface area contributed by atoms with E-state index < -0.39 is 5.97 Å². The van der Waals surface area contributed by atoms with Crippen LogP contribution in [0.2, 0.25) is 0 Å². The Kier molecular flexibility index (Phi) is 3.19. The summed E-state index contributed by atoms with van der Waals surface area (Å²) in [5.41, 5.74) is 0. The Bertz CT molecular complexity index is 377. The maximum absolute atomic E-state index is 10.7. The minimum atomic E-state index is -0.737. The highest BCUT2D eigenvalue weighted by Crippen LogP contribution is 2.16. The van der Waals surface area contributed by atoms with Gasteiger partial charge in [-0.25, -0.2) is 0 Å². The summed E-state index contributed by atoms with van der Waals surface area (Å²) < 4.78 is 2.02. The Balaban J connectivity index is 2.03. The normalized spacial score (nSPS) is 18.1. The lowest BCUT2D eigenvalue weighted by Crippen LogP contribution is -2.41. The smallest absolute Gasteiger partial charge is 0.304 e. The van der Waals surface area contributed by atoms with E-state index in [4.69, 9.17) is 5.11 Å². The molecule has 1 N–H and O–H groups in total. The molecule has 6 heteroatoms. The molecule has 1 atom stereocenters. The van der Waals surface area contributed by atoms with Crippen molar-refractivity contribution < 1.29 is 9.90 Å². The van der Waals surface area contributed by atoms with Crippen molar-refractivity contribution in [2.75, 3.05) is 6.54 Å². The van der Waals surface area contributed by atoms with E-state index in [-0.39, 0.29) is 12.5 Å². The SMILES string of the molecule is CCC(CC(=O)O)N1CCn2cnnc2C1. The zero-order valence-electron chi connectivity index (χ0n) is 9.33. The highest BCUT2D eigenvalue weighted by Gasteiger charge is 2.24. The fourth-order valence-electron chi connectivity index (χ4n) is 2.13. The number of hydrogen-bond acceptors (Lipinski definition) is 4. The molecular formula is C10H16N4O2. The van der Waals surface area contributed by atoms with Gasteiger partial charge in [0.2, 0.25) is 0 Å². The van der Waals surface area contributed by atoms with E-state index in [0.29, 0.717) is 6.54 Å². The number of carboxylic acid groups (broad SMARTS) is 1. The first kappa shape index (κ1) is 11.1. The van der Waals surface area contributed by atoms with Crippen LogP contribution in [0.3, 0.4) is 0 Å². The summed E-state index contributed by atoms with van der Waals surface area (Å²) in [6, 6.07) is 0.1000. The maximum Gasteiger partial charge on any atom is 0.304 e. The number of nitrogens with zero attached hydrogens (tertiary/aromatic N) is 4. The van der Waals surface area contributed by atoms with Gasteiger partial charge in [0.05, 0.1) is 13.0 Å². The Labute approximate surface area is 93.9 Å². The second kappa shape index (κ2) is 4.61. The molecular weight excluding hydrogens is 208 g/mol. The fraction of sp³-hybridized carbons (Fsp3) is 0.700. The third kappa shape index (κ3) is 2.21. The molecule has 1 aliphatic rings.